The molecule has 2 aliphatic carbocycles. The lowest BCUT2D eigenvalue weighted by Gasteiger charge is -2.34. The Bertz CT molecular complexity index is 965. The Morgan fingerprint density at radius 1 is 1.08 bits per heavy atom. The fraction of sp³-hybridized carbons (Fsp3) is 0.263. The molecule has 2 aliphatic rings. The van der Waals surface area contributed by atoms with Crippen molar-refractivity contribution >= 4 is 27.9 Å². The fourth-order valence-corrected chi connectivity index (χ4v) is 3.91. The topological polar surface area (TPSA) is 94.8 Å². The molecular formula is C19H16O5. The summed E-state index contributed by atoms with van der Waals surface area (Å²) in [6.07, 6.45) is 0.243. The molecular weight excluding hydrogens is 308 g/mol. The minimum Gasteiger partial charge on any atom is -0.507 e. The van der Waals surface area contributed by atoms with Gasteiger partial charge >= 0.3 is 0 Å². The molecule has 1 atom stereocenters. The number of allylic oxidation sites excluding steroid dienone is 1. The molecule has 0 saturated carbocycles. The second-order valence-corrected chi connectivity index (χ2v) is 6.88. The third-order valence-corrected chi connectivity index (χ3v) is 4.81. The second-order valence-electron chi connectivity index (χ2n) is 6.88. The van der Waals surface area contributed by atoms with E-state index in [0.717, 1.165) is 0 Å². The highest BCUT2D eigenvalue weighted by Gasteiger charge is 2.40. The lowest BCUT2D eigenvalue weighted by Crippen LogP contribution is -2.35. The molecule has 122 valence electrons. The van der Waals surface area contributed by atoms with Gasteiger partial charge in [-0.2, -0.15) is 0 Å². The van der Waals surface area contributed by atoms with E-state index in [1.807, 2.05) is 0 Å². The minimum atomic E-state index is -1.15. The highest BCUT2D eigenvalue weighted by molar-refractivity contribution is 6.29. The van der Waals surface area contributed by atoms with Gasteiger partial charge in [0, 0.05) is 24.0 Å². The van der Waals surface area contributed by atoms with E-state index in [1.54, 1.807) is 25.1 Å². The van der Waals surface area contributed by atoms with Gasteiger partial charge in [0.25, 0.3) is 0 Å². The zero-order chi connectivity index (χ0) is 17.2. The number of carbonyl (C=O) groups excluding carboxylic acids is 2. The summed E-state index contributed by atoms with van der Waals surface area (Å²) in [5.41, 5.74) is 0.379. The van der Waals surface area contributed by atoms with Gasteiger partial charge in [-0.15, -0.1) is 0 Å². The first-order chi connectivity index (χ1) is 11.3. The number of fused-ring (bicyclic) bond motifs is 3. The van der Waals surface area contributed by atoms with Gasteiger partial charge in [-0.3, -0.25) is 9.59 Å². The molecule has 0 aliphatic heterocycles. The maximum atomic E-state index is 12.6. The Morgan fingerprint density at radius 2 is 1.83 bits per heavy atom. The summed E-state index contributed by atoms with van der Waals surface area (Å²) in [6, 6.07) is 6.44. The van der Waals surface area contributed by atoms with Gasteiger partial charge in [-0.25, -0.2) is 0 Å². The Kier molecular flexibility index (Phi) is 2.90. The zero-order valence-corrected chi connectivity index (χ0v) is 13.1. The third kappa shape index (κ3) is 1.98. The van der Waals surface area contributed by atoms with Crippen LogP contribution in [0.1, 0.15) is 42.1 Å². The monoisotopic (exact) mass is 324 g/mol. The molecule has 5 heteroatoms. The summed E-state index contributed by atoms with van der Waals surface area (Å²) in [6.45, 7) is 1.59. The molecule has 2 aromatic rings. The van der Waals surface area contributed by atoms with Crippen molar-refractivity contribution in [3.05, 3.63) is 41.0 Å². The zero-order valence-electron chi connectivity index (χ0n) is 13.1. The summed E-state index contributed by atoms with van der Waals surface area (Å²) < 4.78 is 0. The van der Waals surface area contributed by atoms with Crippen molar-refractivity contribution < 1.29 is 24.9 Å². The van der Waals surface area contributed by atoms with E-state index in [0.29, 0.717) is 22.1 Å². The fourth-order valence-electron chi connectivity index (χ4n) is 3.91. The minimum absolute atomic E-state index is 0.00309. The van der Waals surface area contributed by atoms with Crippen LogP contribution in [0.5, 0.6) is 11.5 Å². The molecule has 0 radical (unpaired) electrons. The van der Waals surface area contributed by atoms with Crippen molar-refractivity contribution in [1.29, 1.82) is 0 Å². The Hall–Kier alpha value is -2.66. The van der Waals surface area contributed by atoms with Gasteiger partial charge in [-0.05, 0) is 36.4 Å². The van der Waals surface area contributed by atoms with Crippen LogP contribution in [0.25, 0.3) is 16.3 Å². The summed E-state index contributed by atoms with van der Waals surface area (Å²) in [5.74, 6) is -0.939. The highest BCUT2D eigenvalue weighted by atomic mass is 16.3. The molecule has 1 unspecified atom stereocenters. The summed E-state index contributed by atoms with van der Waals surface area (Å²) >= 11 is 0. The number of carbonyl (C=O) groups is 2. The Labute approximate surface area is 137 Å². The molecule has 24 heavy (non-hydrogen) atoms. The van der Waals surface area contributed by atoms with E-state index in [2.05, 4.69) is 0 Å². The van der Waals surface area contributed by atoms with Crippen LogP contribution < -0.4 is 0 Å². The van der Waals surface area contributed by atoms with Crippen LogP contribution >= 0.6 is 0 Å². The van der Waals surface area contributed by atoms with E-state index in [9.17, 15) is 24.9 Å². The molecule has 0 fully saturated rings. The quantitative estimate of drug-likeness (QED) is 0.692. The van der Waals surface area contributed by atoms with Crippen LogP contribution in [0.3, 0.4) is 0 Å². The summed E-state index contributed by atoms with van der Waals surface area (Å²) in [5, 5.41) is 31.6. The molecule has 5 nitrogen and oxygen atoms in total. The van der Waals surface area contributed by atoms with Gasteiger partial charge in [0.2, 0.25) is 0 Å². The smallest absolute Gasteiger partial charge is 0.171 e. The average molecular weight is 324 g/mol. The molecule has 0 spiro atoms. The van der Waals surface area contributed by atoms with Crippen molar-refractivity contribution in [2.24, 2.45) is 0 Å². The van der Waals surface area contributed by atoms with E-state index >= 15 is 0 Å². The first kappa shape index (κ1) is 14.9. The molecule has 0 aromatic heterocycles. The number of ketones is 2. The molecule has 3 N–H and O–H groups in total. The molecule has 0 amide bonds. The third-order valence-electron chi connectivity index (χ3n) is 4.81. The lowest BCUT2D eigenvalue weighted by atomic mass is 9.72. The predicted molar refractivity (Wildman–Crippen MR) is 88.0 cm³/mol. The summed E-state index contributed by atoms with van der Waals surface area (Å²) in [4.78, 5) is 25.1. The number of hydrogen-bond acceptors (Lipinski definition) is 5. The molecule has 0 saturated heterocycles. The number of phenolic OH excluding ortho intramolecular Hbond substituents is 2. The predicted octanol–water partition coefficient (Wildman–Crippen LogP) is 2.70. The maximum Gasteiger partial charge on any atom is 0.171 e. The Balaban J connectivity index is 2.07. The van der Waals surface area contributed by atoms with E-state index in [-0.39, 0.29) is 53.3 Å². The molecule has 0 heterocycles. The second kappa shape index (κ2) is 4.68. The first-order valence-corrected chi connectivity index (χ1v) is 7.77. The van der Waals surface area contributed by atoms with Crippen LogP contribution in [0.2, 0.25) is 0 Å². The number of Topliss-reactive ketones (excluding diaryl/α,β-unsaturated/α-hetero) is 2. The van der Waals surface area contributed by atoms with Crippen molar-refractivity contribution in [2.75, 3.05) is 0 Å². The summed E-state index contributed by atoms with van der Waals surface area (Å²) in [7, 11) is 0. The highest BCUT2D eigenvalue weighted by Crippen LogP contribution is 2.47. The van der Waals surface area contributed by atoms with Crippen molar-refractivity contribution in [2.45, 2.75) is 31.8 Å². The van der Waals surface area contributed by atoms with Gasteiger partial charge in [0.05, 0.1) is 16.6 Å². The van der Waals surface area contributed by atoms with Crippen LogP contribution in [0.15, 0.2) is 29.8 Å². The van der Waals surface area contributed by atoms with Gasteiger partial charge < -0.3 is 15.3 Å². The number of hydrogen-bond donors (Lipinski definition) is 3. The van der Waals surface area contributed by atoms with E-state index < -0.39 is 5.60 Å². The van der Waals surface area contributed by atoms with Crippen molar-refractivity contribution in [3.8, 4) is 11.5 Å². The lowest BCUT2D eigenvalue weighted by molar-refractivity contribution is -0.118. The number of aliphatic hydroxyl groups is 1. The standard InChI is InChI=1S/C19H16O5/c1-19(24)7-10-6-13(21)17-11(15(10)14(22)8-19)5-9-3-2-4-12(20)16(9)18(17)23/h2-5,20,23-24H,6-8H2,1H3. The van der Waals surface area contributed by atoms with Gasteiger partial charge in [0.15, 0.2) is 11.6 Å². The van der Waals surface area contributed by atoms with Crippen LogP contribution in [0.4, 0.5) is 0 Å². The number of rotatable bonds is 0. The Morgan fingerprint density at radius 3 is 2.58 bits per heavy atom. The molecule has 0 bridgehead atoms. The van der Waals surface area contributed by atoms with Crippen LogP contribution in [-0.4, -0.2) is 32.5 Å². The number of phenols is 2. The van der Waals surface area contributed by atoms with E-state index in [1.165, 1.54) is 6.07 Å². The normalized spacial score (nSPS) is 23.4. The van der Waals surface area contributed by atoms with Gasteiger partial charge in [0.1, 0.15) is 11.5 Å². The SMILES string of the molecule is CC1(O)CC(=O)C2=C(CC(=O)c3c2cc2cccc(O)c2c3O)C1. The van der Waals surface area contributed by atoms with Crippen LogP contribution in [-0.2, 0) is 4.79 Å². The largest absolute Gasteiger partial charge is 0.507 e. The van der Waals surface area contributed by atoms with Crippen LogP contribution in [0, 0.1) is 0 Å². The van der Waals surface area contributed by atoms with Crippen molar-refractivity contribution in [3.63, 3.8) is 0 Å². The van der Waals surface area contributed by atoms with E-state index in [4.69, 9.17) is 0 Å². The maximum absolute atomic E-state index is 12.6. The first-order valence-electron chi connectivity index (χ1n) is 7.77. The average Bonchev–Trinajstić information content (AvgIpc) is 2.44. The molecule has 2 aromatic carbocycles. The number of benzene rings is 2. The van der Waals surface area contributed by atoms with Gasteiger partial charge in [-0.1, -0.05) is 12.1 Å². The van der Waals surface area contributed by atoms with Crippen molar-refractivity contribution in [1.82, 2.24) is 0 Å². The number of aromatic hydroxyl groups is 2. The molecule has 4 rings (SSSR count).